The lowest BCUT2D eigenvalue weighted by molar-refractivity contribution is 0.0638. The zero-order valence-electron chi connectivity index (χ0n) is 13.7. The summed E-state index contributed by atoms with van der Waals surface area (Å²) in [6.07, 6.45) is 5.53. The molecular weight excluding hydrogens is 323 g/mol. The maximum absolute atomic E-state index is 14.2. The van der Waals surface area contributed by atoms with E-state index < -0.39 is 0 Å². The van der Waals surface area contributed by atoms with Crippen molar-refractivity contribution in [2.75, 3.05) is 13.2 Å². The Morgan fingerprint density at radius 1 is 1.20 bits per heavy atom. The highest BCUT2D eigenvalue weighted by Crippen LogP contribution is 2.27. The van der Waals surface area contributed by atoms with E-state index in [1.54, 1.807) is 18.3 Å². The highest BCUT2D eigenvalue weighted by Gasteiger charge is 2.18. The highest BCUT2D eigenvalue weighted by atomic mass is 19.1. The van der Waals surface area contributed by atoms with Gasteiger partial charge in [0, 0.05) is 31.4 Å². The van der Waals surface area contributed by atoms with Crippen LogP contribution in [0.1, 0.15) is 25.1 Å². The Morgan fingerprint density at radius 2 is 2.08 bits per heavy atom. The van der Waals surface area contributed by atoms with E-state index in [0.29, 0.717) is 17.3 Å². The van der Waals surface area contributed by atoms with E-state index in [2.05, 4.69) is 20.3 Å². The third-order valence-electron chi connectivity index (χ3n) is 4.59. The number of rotatable bonds is 5. The first-order chi connectivity index (χ1) is 12.3. The number of nitrogens with one attached hydrogen (secondary N) is 1. The fraction of sp³-hybridized carbons (Fsp3) is 0.389. The largest absolute Gasteiger partial charge is 0.381 e. The lowest BCUT2D eigenvalue weighted by atomic mass is 9.95. The average molecular weight is 342 g/mol. The van der Waals surface area contributed by atoms with Crippen molar-refractivity contribution in [3.8, 4) is 22.7 Å². The van der Waals surface area contributed by atoms with Crippen LogP contribution in [0.15, 0.2) is 35.0 Å². The second-order valence-corrected chi connectivity index (χ2v) is 6.28. The van der Waals surface area contributed by atoms with Gasteiger partial charge in [0.2, 0.25) is 0 Å². The molecule has 0 radical (unpaired) electrons. The van der Waals surface area contributed by atoms with Crippen molar-refractivity contribution >= 4 is 0 Å². The first-order valence-electron chi connectivity index (χ1n) is 8.49. The van der Waals surface area contributed by atoms with Crippen LogP contribution in [0.2, 0.25) is 0 Å². The Morgan fingerprint density at radius 3 is 2.88 bits per heavy atom. The molecule has 1 aliphatic rings. The number of benzene rings is 1. The summed E-state index contributed by atoms with van der Waals surface area (Å²) in [6, 6.07) is 6.61. The third-order valence-corrected chi connectivity index (χ3v) is 4.59. The Balaban J connectivity index is 1.50. The minimum Gasteiger partial charge on any atom is -0.381 e. The molecule has 1 aromatic carbocycles. The van der Waals surface area contributed by atoms with E-state index in [-0.39, 0.29) is 11.7 Å². The molecular formula is C18H19FN4O2. The van der Waals surface area contributed by atoms with Gasteiger partial charge in [0.1, 0.15) is 5.82 Å². The van der Waals surface area contributed by atoms with Crippen LogP contribution in [0, 0.1) is 11.7 Å². The van der Waals surface area contributed by atoms with Gasteiger partial charge in [-0.15, -0.1) is 0 Å². The standard InChI is InChI=1S/C18H19FN4O2/c19-15-3-2-13(16-5-8-20-22-16)11-14(15)18-21-17(23-25-18)4-1-12-6-9-24-10-7-12/h2-3,5,8,11-12H,1,4,6-7,9-10H2,(H,20,22). The highest BCUT2D eigenvalue weighted by molar-refractivity contribution is 5.67. The molecule has 0 bridgehead atoms. The smallest absolute Gasteiger partial charge is 0.260 e. The summed E-state index contributed by atoms with van der Waals surface area (Å²) in [5.74, 6) is 1.08. The zero-order valence-corrected chi connectivity index (χ0v) is 13.7. The van der Waals surface area contributed by atoms with Gasteiger partial charge < -0.3 is 9.26 Å². The van der Waals surface area contributed by atoms with Crippen LogP contribution in [0.3, 0.4) is 0 Å². The molecule has 7 heteroatoms. The van der Waals surface area contributed by atoms with Crippen molar-refractivity contribution in [2.24, 2.45) is 5.92 Å². The minimum absolute atomic E-state index is 0.209. The van der Waals surface area contributed by atoms with E-state index in [9.17, 15) is 4.39 Å². The molecule has 6 nitrogen and oxygen atoms in total. The molecule has 130 valence electrons. The Bertz CT molecular complexity index is 825. The molecule has 0 amide bonds. The third kappa shape index (κ3) is 3.61. The monoisotopic (exact) mass is 342 g/mol. The number of aryl methyl sites for hydroxylation is 1. The molecule has 3 aromatic rings. The summed E-state index contributed by atoms with van der Waals surface area (Å²) in [5.41, 5.74) is 1.92. The molecule has 0 atom stereocenters. The number of hydrogen-bond donors (Lipinski definition) is 1. The Labute approximate surface area is 144 Å². The molecule has 0 saturated carbocycles. The molecule has 2 aromatic heterocycles. The number of ether oxygens (including phenoxy) is 1. The van der Waals surface area contributed by atoms with Gasteiger partial charge in [-0.2, -0.15) is 10.1 Å². The fourth-order valence-electron chi connectivity index (χ4n) is 3.11. The van der Waals surface area contributed by atoms with Crippen LogP contribution in [0.25, 0.3) is 22.7 Å². The van der Waals surface area contributed by atoms with Gasteiger partial charge in [0.15, 0.2) is 5.82 Å². The molecule has 4 rings (SSSR count). The maximum Gasteiger partial charge on any atom is 0.260 e. The Kier molecular flexibility index (Phi) is 4.56. The summed E-state index contributed by atoms with van der Waals surface area (Å²) in [5, 5.41) is 10.8. The van der Waals surface area contributed by atoms with E-state index in [1.165, 1.54) is 6.07 Å². The normalized spacial score (nSPS) is 15.6. The predicted molar refractivity (Wildman–Crippen MR) is 89.1 cm³/mol. The molecule has 3 heterocycles. The topological polar surface area (TPSA) is 76.8 Å². The van der Waals surface area contributed by atoms with Crippen molar-refractivity contribution in [3.63, 3.8) is 0 Å². The summed E-state index contributed by atoms with van der Waals surface area (Å²) in [6.45, 7) is 1.65. The number of hydrogen-bond acceptors (Lipinski definition) is 5. The molecule has 0 aliphatic carbocycles. The van der Waals surface area contributed by atoms with Crippen molar-refractivity contribution in [1.82, 2.24) is 20.3 Å². The van der Waals surface area contributed by atoms with Gasteiger partial charge in [0.05, 0.1) is 11.3 Å². The van der Waals surface area contributed by atoms with Crippen LogP contribution < -0.4 is 0 Å². The quantitative estimate of drug-likeness (QED) is 0.766. The SMILES string of the molecule is Fc1ccc(-c2ccn[nH]2)cc1-c1nc(CCC2CCOCC2)no1. The summed E-state index contributed by atoms with van der Waals surface area (Å²) >= 11 is 0. The molecule has 1 fully saturated rings. The van der Waals surface area contributed by atoms with Crippen LogP contribution in [0.4, 0.5) is 4.39 Å². The average Bonchev–Trinajstić information content (AvgIpc) is 3.33. The summed E-state index contributed by atoms with van der Waals surface area (Å²) in [7, 11) is 0. The van der Waals surface area contributed by atoms with Gasteiger partial charge in [-0.25, -0.2) is 4.39 Å². The molecule has 25 heavy (non-hydrogen) atoms. The molecule has 1 saturated heterocycles. The molecule has 0 unspecified atom stereocenters. The predicted octanol–water partition coefficient (Wildman–Crippen LogP) is 3.63. The minimum atomic E-state index is -0.386. The van der Waals surface area contributed by atoms with Crippen LogP contribution in [-0.2, 0) is 11.2 Å². The number of nitrogens with zero attached hydrogens (tertiary/aromatic N) is 3. The van der Waals surface area contributed by atoms with Gasteiger partial charge >= 0.3 is 0 Å². The van der Waals surface area contributed by atoms with Gasteiger partial charge in [-0.1, -0.05) is 5.16 Å². The number of H-pyrrole nitrogens is 1. The van der Waals surface area contributed by atoms with Crippen molar-refractivity contribution < 1.29 is 13.7 Å². The number of aromatic amines is 1. The van der Waals surface area contributed by atoms with E-state index in [4.69, 9.17) is 9.26 Å². The first-order valence-corrected chi connectivity index (χ1v) is 8.49. The lowest BCUT2D eigenvalue weighted by Crippen LogP contribution is -2.16. The molecule has 1 N–H and O–H groups in total. The maximum atomic E-state index is 14.2. The molecule has 1 aliphatic heterocycles. The summed E-state index contributed by atoms with van der Waals surface area (Å²) in [4.78, 5) is 4.37. The van der Waals surface area contributed by atoms with Crippen molar-refractivity contribution in [2.45, 2.75) is 25.7 Å². The van der Waals surface area contributed by atoms with E-state index in [0.717, 1.165) is 50.2 Å². The zero-order chi connectivity index (χ0) is 17.1. The fourth-order valence-corrected chi connectivity index (χ4v) is 3.11. The van der Waals surface area contributed by atoms with Crippen molar-refractivity contribution in [3.05, 3.63) is 42.1 Å². The second kappa shape index (κ2) is 7.14. The van der Waals surface area contributed by atoms with E-state index in [1.807, 2.05) is 6.07 Å². The van der Waals surface area contributed by atoms with Gasteiger partial charge in [0.25, 0.3) is 5.89 Å². The first kappa shape index (κ1) is 16.0. The number of aromatic nitrogens is 4. The lowest BCUT2D eigenvalue weighted by Gasteiger charge is -2.20. The van der Waals surface area contributed by atoms with E-state index >= 15 is 0 Å². The number of halogens is 1. The van der Waals surface area contributed by atoms with Crippen LogP contribution in [0.5, 0.6) is 0 Å². The second-order valence-electron chi connectivity index (χ2n) is 6.28. The van der Waals surface area contributed by atoms with Crippen LogP contribution >= 0.6 is 0 Å². The summed E-state index contributed by atoms with van der Waals surface area (Å²) < 4.78 is 24.9. The van der Waals surface area contributed by atoms with Crippen LogP contribution in [-0.4, -0.2) is 33.6 Å². The Hall–Kier alpha value is -2.54. The molecule has 0 spiro atoms. The van der Waals surface area contributed by atoms with Gasteiger partial charge in [-0.05, 0) is 49.4 Å². The van der Waals surface area contributed by atoms with Gasteiger partial charge in [-0.3, -0.25) is 5.10 Å². The van der Waals surface area contributed by atoms with Crippen molar-refractivity contribution in [1.29, 1.82) is 0 Å².